The summed E-state index contributed by atoms with van der Waals surface area (Å²) in [6, 6.07) is 0.656. The van der Waals surface area contributed by atoms with Gasteiger partial charge in [-0.1, -0.05) is 11.6 Å². The van der Waals surface area contributed by atoms with Gasteiger partial charge in [0.05, 0.1) is 0 Å². The van der Waals surface area contributed by atoms with Crippen molar-refractivity contribution in [2.45, 2.75) is 26.8 Å². The van der Waals surface area contributed by atoms with Crippen molar-refractivity contribution in [2.75, 3.05) is 26.2 Å². The first-order chi connectivity index (χ1) is 5.72. The summed E-state index contributed by atoms with van der Waals surface area (Å²) in [5, 5.41) is 3.44. The monoisotopic (exact) mass is 168 g/mol. The number of allylic oxidation sites excluding steroid dienone is 1. The summed E-state index contributed by atoms with van der Waals surface area (Å²) in [6.07, 6.45) is 2.20. The maximum Gasteiger partial charge on any atom is 0.0191 e. The molecule has 0 aromatic rings. The Morgan fingerprint density at radius 2 is 2.42 bits per heavy atom. The molecule has 1 N–H and O–H groups in total. The van der Waals surface area contributed by atoms with Crippen LogP contribution in [0, 0.1) is 0 Å². The number of rotatable bonds is 2. The molecule has 70 valence electrons. The number of nitrogens with one attached hydrogen (secondary N) is 1. The molecule has 1 unspecified atom stereocenters. The maximum absolute atomic E-state index is 3.44. The van der Waals surface area contributed by atoms with Crippen LogP contribution in [0.5, 0.6) is 0 Å². The fraction of sp³-hybridized carbons (Fsp3) is 0.800. The van der Waals surface area contributed by atoms with Crippen LogP contribution in [0.2, 0.25) is 0 Å². The van der Waals surface area contributed by atoms with Gasteiger partial charge in [-0.15, -0.1) is 0 Å². The van der Waals surface area contributed by atoms with Crippen LogP contribution in [0.1, 0.15) is 20.8 Å². The van der Waals surface area contributed by atoms with Gasteiger partial charge < -0.3 is 5.32 Å². The normalized spacial score (nSPS) is 27.6. The lowest BCUT2D eigenvalue weighted by Gasteiger charge is -2.31. The fourth-order valence-corrected chi connectivity index (χ4v) is 1.60. The molecule has 0 saturated carbocycles. The first-order valence-corrected chi connectivity index (χ1v) is 4.80. The molecule has 1 saturated heterocycles. The predicted molar refractivity (Wildman–Crippen MR) is 53.3 cm³/mol. The Hall–Kier alpha value is -0.340. The highest BCUT2D eigenvalue weighted by Crippen LogP contribution is 2.02. The zero-order chi connectivity index (χ0) is 8.97. The topological polar surface area (TPSA) is 15.3 Å². The Morgan fingerprint density at radius 3 is 3.00 bits per heavy atom. The van der Waals surface area contributed by atoms with E-state index >= 15 is 0 Å². The van der Waals surface area contributed by atoms with Crippen LogP contribution >= 0.6 is 0 Å². The van der Waals surface area contributed by atoms with E-state index in [9.17, 15) is 0 Å². The molecule has 0 aromatic heterocycles. The van der Waals surface area contributed by atoms with Crippen molar-refractivity contribution < 1.29 is 0 Å². The molecule has 1 aliphatic heterocycles. The quantitative estimate of drug-likeness (QED) is 0.624. The molecule has 1 aliphatic rings. The van der Waals surface area contributed by atoms with Gasteiger partial charge in [-0.2, -0.15) is 0 Å². The molecule has 0 aliphatic carbocycles. The Balaban J connectivity index is 2.32. The van der Waals surface area contributed by atoms with Crippen LogP contribution in [0.15, 0.2) is 11.6 Å². The van der Waals surface area contributed by atoms with Crippen molar-refractivity contribution in [3.8, 4) is 0 Å². The first kappa shape index (κ1) is 9.75. The van der Waals surface area contributed by atoms with Crippen LogP contribution in [-0.2, 0) is 0 Å². The minimum Gasteiger partial charge on any atom is -0.312 e. The van der Waals surface area contributed by atoms with E-state index in [1.165, 1.54) is 18.7 Å². The molecular formula is C10H20N2. The third kappa shape index (κ3) is 2.95. The molecule has 2 nitrogen and oxygen atoms in total. The summed E-state index contributed by atoms with van der Waals surface area (Å²) in [4.78, 5) is 2.51. The highest BCUT2D eigenvalue weighted by atomic mass is 15.2. The second-order valence-corrected chi connectivity index (χ2v) is 3.73. The zero-order valence-electron chi connectivity index (χ0n) is 8.43. The smallest absolute Gasteiger partial charge is 0.0191 e. The van der Waals surface area contributed by atoms with E-state index < -0.39 is 0 Å². The van der Waals surface area contributed by atoms with Crippen molar-refractivity contribution in [3.63, 3.8) is 0 Å². The third-order valence-electron chi connectivity index (χ3n) is 2.42. The molecule has 0 amide bonds. The van der Waals surface area contributed by atoms with Crippen molar-refractivity contribution in [3.05, 3.63) is 11.6 Å². The number of hydrogen-bond acceptors (Lipinski definition) is 2. The van der Waals surface area contributed by atoms with Crippen molar-refractivity contribution in [1.29, 1.82) is 0 Å². The minimum atomic E-state index is 0.656. The van der Waals surface area contributed by atoms with Gasteiger partial charge in [0.15, 0.2) is 0 Å². The summed E-state index contributed by atoms with van der Waals surface area (Å²) >= 11 is 0. The molecule has 0 aromatic carbocycles. The molecule has 0 radical (unpaired) electrons. The lowest BCUT2D eigenvalue weighted by atomic mass is 10.2. The fourth-order valence-electron chi connectivity index (χ4n) is 1.60. The zero-order valence-corrected chi connectivity index (χ0v) is 8.43. The first-order valence-electron chi connectivity index (χ1n) is 4.80. The predicted octanol–water partition coefficient (Wildman–Crippen LogP) is 1.25. The largest absolute Gasteiger partial charge is 0.312 e. The van der Waals surface area contributed by atoms with E-state index in [4.69, 9.17) is 0 Å². The summed E-state index contributed by atoms with van der Waals surface area (Å²) in [7, 11) is 0. The lowest BCUT2D eigenvalue weighted by Crippen LogP contribution is -2.49. The van der Waals surface area contributed by atoms with Crippen molar-refractivity contribution in [1.82, 2.24) is 10.2 Å². The summed E-state index contributed by atoms with van der Waals surface area (Å²) < 4.78 is 0. The standard InChI is InChI=1S/C10H20N2/c1-4-9(2)7-12-6-5-11-10(3)8-12/h4,10-11H,5-8H2,1-3H3/b9-4+. The summed E-state index contributed by atoms with van der Waals surface area (Å²) in [5.74, 6) is 0. The summed E-state index contributed by atoms with van der Waals surface area (Å²) in [6.45, 7) is 11.2. The number of nitrogens with zero attached hydrogens (tertiary/aromatic N) is 1. The minimum absolute atomic E-state index is 0.656. The van der Waals surface area contributed by atoms with Crippen LogP contribution < -0.4 is 5.32 Å². The molecule has 12 heavy (non-hydrogen) atoms. The lowest BCUT2D eigenvalue weighted by molar-refractivity contribution is 0.222. The molecule has 1 heterocycles. The van der Waals surface area contributed by atoms with Gasteiger partial charge in [0, 0.05) is 32.2 Å². The van der Waals surface area contributed by atoms with Crippen LogP contribution in [0.4, 0.5) is 0 Å². The molecule has 1 rings (SSSR count). The van der Waals surface area contributed by atoms with Crippen LogP contribution in [0.3, 0.4) is 0 Å². The number of hydrogen-bond donors (Lipinski definition) is 1. The highest BCUT2D eigenvalue weighted by Gasteiger charge is 2.14. The van der Waals surface area contributed by atoms with Gasteiger partial charge in [-0.3, -0.25) is 4.90 Å². The Labute approximate surface area is 75.6 Å². The second-order valence-electron chi connectivity index (χ2n) is 3.73. The average Bonchev–Trinajstić information content (AvgIpc) is 2.04. The van der Waals surface area contributed by atoms with Gasteiger partial charge >= 0.3 is 0 Å². The molecule has 1 atom stereocenters. The molecule has 0 spiro atoms. The molecule has 2 heteroatoms. The van der Waals surface area contributed by atoms with E-state index in [2.05, 4.69) is 37.1 Å². The van der Waals surface area contributed by atoms with Gasteiger partial charge in [0.25, 0.3) is 0 Å². The van der Waals surface area contributed by atoms with Gasteiger partial charge in [-0.25, -0.2) is 0 Å². The van der Waals surface area contributed by atoms with Crippen LogP contribution in [0.25, 0.3) is 0 Å². The Morgan fingerprint density at radius 1 is 1.67 bits per heavy atom. The van der Waals surface area contributed by atoms with E-state index in [-0.39, 0.29) is 0 Å². The molecule has 1 fully saturated rings. The van der Waals surface area contributed by atoms with Crippen molar-refractivity contribution >= 4 is 0 Å². The average molecular weight is 168 g/mol. The van der Waals surface area contributed by atoms with E-state index in [0.29, 0.717) is 6.04 Å². The van der Waals surface area contributed by atoms with Crippen molar-refractivity contribution in [2.24, 2.45) is 0 Å². The maximum atomic E-state index is 3.44. The second kappa shape index (κ2) is 4.63. The SMILES string of the molecule is C/C=C(\C)CN1CCNC(C)C1. The molecular weight excluding hydrogens is 148 g/mol. The number of piperazine rings is 1. The molecule has 0 bridgehead atoms. The van der Waals surface area contributed by atoms with E-state index in [1.807, 2.05) is 0 Å². The Bertz CT molecular complexity index is 163. The van der Waals surface area contributed by atoms with Gasteiger partial charge in [0.1, 0.15) is 0 Å². The highest BCUT2D eigenvalue weighted by molar-refractivity contribution is 4.99. The third-order valence-corrected chi connectivity index (χ3v) is 2.42. The Kier molecular flexibility index (Phi) is 3.76. The summed E-state index contributed by atoms with van der Waals surface area (Å²) in [5.41, 5.74) is 1.48. The van der Waals surface area contributed by atoms with E-state index in [0.717, 1.165) is 13.1 Å². The van der Waals surface area contributed by atoms with Gasteiger partial charge in [-0.05, 0) is 20.8 Å². The van der Waals surface area contributed by atoms with Gasteiger partial charge in [0.2, 0.25) is 0 Å². The van der Waals surface area contributed by atoms with Crippen LogP contribution in [-0.4, -0.2) is 37.1 Å². The van der Waals surface area contributed by atoms with E-state index in [1.54, 1.807) is 0 Å².